The predicted octanol–water partition coefficient (Wildman–Crippen LogP) is 2.63. The zero-order valence-electron chi connectivity index (χ0n) is 8.65. The highest BCUT2D eigenvalue weighted by molar-refractivity contribution is 5.28. The number of halogens is 2. The van der Waals surface area contributed by atoms with Crippen LogP contribution in [0.2, 0.25) is 0 Å². The second-order valence-corrected chi connectivity index (χ2v) is 3.41. The molecule has 1 N–H and O–H groups in total. The number of alkyl halides is 2. The molecule has 15 heavy (non-hydrogen) atoms. The average molecular weight is 216 g/mol. The lowest BCUT2D eigenvalue weighted by atomic mass is 9.98. The summed E-state index contributed by atoms with van der Waals surface area (Å²) in [4.78, 5) is 0. The highest BCUT2D eigenvalue weighted by atomic mass is 19.3. The van der Waals surface area contributed by atoms with Crippen molar-refractivity contribution in [1.29, 1.82) is 0 Å². The van der Waals surface area contributed by atoms with E-state index in [9.17, 15) is 13.9 Å². The van der Waals surface area contributed by atoms with Crippen LogP contribution in [0.15, 0.2) is 24.3 Å². The van der Waals surface area contributed by atoms with Gasteiger partial charge in [0.1, 0.15) is 5.75 Å². The van der Waals surface area contributed by atoms with E-state index >= 15 is 0 Å². The van der Waals surface area contributed by atoms with Crippen molar-refractivity contribution in [3.8, 4) is 5.75 Å². The molecule has 1 aromatic carbocycles. The van der Waals surface area contributed by atoms with E-state index in [1.54, 1.807) is 24.3 Å². The number of benzene rings is 1. The first kappa shape index (κ1) is 11.9. The van der Waals surface area contributed by atoms with E-state index in [-0.39, 0.29) is 0 Å². The Bertz CT molecular complexity index is 298. The van der Waals surface area contributed by atoms with Crippen LogP contribution in [0.1, 0.15) is 18.6 Å². The fourth-order valence-corrected chi connectivity index (χ4v) is 1.24. The van der Waals surface area contributed by atoms with Crippen molar-refractivity contribution in [2.24, 2.45) is 5.92 Å². The Kier molecular flexibility index (Phi) is 4.03. The smallest absolute Gasteiger partial charge is 0.243 e. The summed E-state index contributed by atoms with van der Waals surface area (Å²) >= 11 is 0. The molecule has 4 heteroatoms. The summed E-state index contributed by atoms with van der Waals surface area (Å²) in [6.45, 7) is 1.32. The summed E-state index contributed by atoms with van der Waals surface area (Å²) in [6, 6.07) is 6.44. The summed E-state index contributed by atoms with van der Waals surface area (Å²) in [5, 5.41) is 9.60. The van der Waals surface area contributed by atoms with Crippen molar-refractivity contribution in [2.45, 2.75) is 19.5 Å². The first-order valence-corrected chi connectivity index (χ1v) is 4.66. The number of hydrogen-bond acceptors (Lipinski definition) is 2. The molecule has 0 radical (unpaired) electrons. The van der Waals surface area contributed by atoms with Crippen LogP contribution in [-0.2, 0) is 0 Å². The van der Waals surface area contributed by atoms with Gasteiger partial charge in [0.25, 0.3) is 0 Å². The van der Waals surface area contributed by atoms with Gasteiger partial charge in [0.15, 0.2) is 0 Å². The molecule has 84 valence electrons. The molecule has 1 rings (SSSR count). The van der Waals surface area contributed by atoms with Crippen molar-refractivity contribution < 1.29 is 18.6 Å². The lowest BCUT2D eigenvalue weighted by molar-refractivity contribution is 0.000622. The SMILES string of the molecule is COc1ccc(C(O)C(C)C(F)F)cc1. The molecule has 2 unspecified atom stereocenters. The molecule has 0 heterocycles. The van der Waals surface area contributed by atoms with Gasteiger partial charge < -0.3 is 9.84 Å². The minimum absolute atomic E-state index is 0.476. The Labute approximate surface area is 87.5 Å². The second-order valence-electron chi connectivity index (χ2n) is 3.41. The van der Waals surface area contributed by atoms with Crippen LogP contribution in [-0.4, -0.2) is 18.6 Å². The van der Waals surface area contributed by atoms with Crippen molar-refractivity contribution in [2.75, 3.05) is 7.11 Å². The molecule has 0 spiro atoms. The van der Waals surface area contributed by atoms with Crippen LogP contribution in [0.4, 0.5) is 8.78 Å². The minimum Gasteiger partial charge on any atom is -0.497 e. The molecule has 0 saturated heterocycles. The molecule has 2 atom stereocenters. The average Bonchev–Trinajstić information content (AvgIpc) is 2.27. The van der Waals surface area contributed by atoms with E-state index in [2.05, 4.69) is 0 Å². The molecular formula is C11H14F2O2. The van der Waals surface area contributed by atoms with Gasteiger partial charge in [-0.25, -0.2) is 8.78 Å². The van der Waals surface area contributed by atoms with Crippen molar-refractivity contribution in [3.05, 3.63) is 29.8 Å². The Balaban J connectivity index is 2.78. The first-order chi connectivity index (χ1) is 7.06. The number of rotatable bonds is 4. The fourth-order valence-electron chi connectivity index (χ4n) is 1.24. The molecule has 2 nitrogen and oxygen atoms in total. The van der Waals surface area contributed by atoms with Crippen LogP contribution in [0.25, 0.3) is 0 Å². The van der Waals surface area contributed by atoms with Gasteiger partial charge in [-0.3, -0.25) is 0 Å². The van der Waals surface area contributed by atoms with E-state index < -0.39 is 18.4 Å². The van der Waals surface area contributed by atoms with Gasteiger partial charge in [-0.2, -0.15) is 0 Å². The number of ether oxygens (including phenoxy) is 1. The Morgan fingerprint density at radius 2 is 1.73 bits per heavy atom. The maximum atomic E-state index is 12.3. The van der Waals surface area contributed by atoms with E-state index in [1.807, 2.05) is 0 Å². The summed E-state index contributed by atoms with van der Waals surface area (Å²) < 4.78 is 29.6. The van der Waals surface area contributed by atoms with Crippen LogP contribution < -0.4 is 4.74 Å². The molecular weight excluding hydrogens is 202 g/mol. The van der Waals surface area contributed by atoms with Gasteiger partial charge in [0.05, 0.1) is 13.2 Å². The second kappa shape index (κ2) is 5.07. The van der Waals surface area contributed by atoms with Crippen LogP contribution in [0.3, 0.4) is 0 Å². The number of hydrogen-bond donors (Lipinski definition) is 1. The molecule has 0 amide bonds. The summed E-state index contributed by atoms with van der Waals surface area (Å²) in [5.74, 6) is -0.436. The van der Waals surface area contributed by atoms with Gasteiger partial charge in [-0.15, -0.1) is 0 Å². The molecule has 0 aliphatic carbocycles. The number of methoxy groups -OCH3 is 1. The largest absolute Gasteiger partial charge is 0.497 e. The maximum Gasteiger partial charge on any atom is 0.243 e. The summed E-state index contributed by atoms with van der Waals surface area (Å²) in [7, 11) is 1.52. The Hall–Kier alpha value is -1.16. The Morgan fingerprint density at radius 3 is 2.13 bits per heavy atom. The van der Waals surface area contributed by atoms with E-state index in [0.717, 1.165) is 0 Å². The number of aliphatic hydroxyl groups excluding tert-OH is 1. The molecule has 1 aromatic rings. The molecule has 0 fully saturated rings. The van der Waals surface area contributed by atoms with E-state index in [1.165, 1.54) is 14.0 Å². The van der Waals surface area contributed by atoms with Gasteiger partial charge in [-0.05, 0) is 17.7 Å². The van der Waals surface area contributed by atoms with Gasteiger partial charge in [0, 0.05) is 5.92 Å². The summed E-state index contributed by atoms with van der Waals surface area (Å²) in [6.07, 6.45) is -3.67. The Morgan fingerprint density at radius 1 is 1.20 bits per heavy atom. The van der Waals surface area contributed by atoms with Crippen molar-refractivity contribution in [1.82, 2.24) is 0 Å². The topological polar surface area (TPSA) is 29.5 Å². The predicted molar refractivity (Wildman–Crippen MR) is 53.1 cm³/mol. The lowest BCUT2D eigenvalue weighted by Crippen LogP contribution is -2.16. The highest BCUT2D eigenvalue weighted by Crippen LogP contribution is 2.27. The van der Waals surface area contributed by atoms with Crippen LogP contribution >= 0.6 is 0 Å². The zero-order valence-corrected chi connectivity index (χ0v) is 8.65. The van der Waals surface area contributed by atoms with Gasteiger partial charge in [0.2, 0.25) is 6.43 Å². The fraction of sp³-hybridized carbons (Fsp3) is 0.455. The minimum atomic E-state index is -2.53. The maximum absolute atomic E-state index is 12.3. The van der Waals surface area contributed by atoms with E-state index in [4.69, 9.17) is 4.74 Å². The molecule has 0 bridgehead atoms. The zero-order chi connectivity index (χ0) is 11.4. The monoisotopic (exact) mass is 216 g/mol. The van der Waals surface area contributed by atoms with Crippen molar-refractivity contribution in [3.63, 3.8) is 0 Å². The highest BCUT2D eigenvalue weighted by Gasteiger charge is 2.24. The molecule has 0 aliphatic rings. The van der Waals surface area contributed by atoms with Gasteiger partial charge in [-0.1, -0.05) is 19.1 Å². The quantitative estimate of drug-likeness (QED) is 0.838. The van der Waals surface area contributed by atoms with Crippen molar-refractivity contribution >= 4 is 0 Å². The molecule has 0 saturated carbocycles. The lowest BCUT2D eigenvalue weighted by Gasteiger charge is -2.18. The number of aliphatic hydroxyl groups is 1. The first-order valence-electron chi connectivity index (χ1n) is 4.66. The molecule has 0 aliphatic heterocycles. The molecule has 0 aromatic heterocycles. The third-order valence-electron chi connectivity index (χ3n) is 2.35. The third-order valence-corrected chi connectivity index (χ3v) is 2.35. The third kappa shape index (κ3) is 2.89. The normalized spacial score (nSPS) is 15.1. The van der Waals surface area contributed by atoms with Crippen LogP contribution in [0.5, 0.6) is 5.75 Å². The summed E-state index contributed by atoms with van der Waals surface area (Å²) in [5.41, 5.74) is 0.476. The van der Waals surface area contributed by atoms with Gasteiger partial charge >= 0.3 is 0 Å². The van der Waals surface area contributed by atoms with Crippen LogP contribution in [0, 0.1) is 5.92 Å². The standard InChI is InChI=1S/C11H14F2O2/c1-7(11(12)13)10(14)8-3-5-9(15-2)6-4-8/h3-7,10-11,14H,1-2H3. The van der Waals surface area contributed by atoms with E-state index in [0.29, 0.717) is 11.3 Å².